The molecule has 2 rings (SSSR count). The van der Waals surface area contributed by atoms with Gasteiger partial charge in [0.15, 0.2) is 11.5 Å². The molecule has 0 saturated heterocycles. The number of nitrogen functional groups attached to an aromatic ring is 1. The third-order valence-electron chi connectivity index (χ3n) is 2.89. The number of nitrogens with zero attached hydrogens (tertiary/aromatic N) is 2. The highest BCUT2D eigenvalue weighted by Crippen LogP contribution is 2.40. The summed E-state index contributed by atoms with van der Waals surface area (Å²) >= 11 is 6.30. The summed E-state index contributed by atoms with van der Waals surface area (Å²) < 4.78 is 12.6. The molecule has 0 amide bonds. The molecule has 0 aliphatic heterocycles. The lowest BCUT2D eigenvalue weighted by Gasteiger charge is -2.15. The Morgan fingerprint density at radius 2 is 1.95 bits per heavy atom. The molecule has 6 heteroatoms. The molecule has 0 saturated carbocycles. The Kier molecular flexibility index (Phi) is 4.09. The molecule has 0 aliphatic rings. The number of aromatic nitrogens is 2. The standard InChI is InChI=1S/C14H18ClN3O2/c1-8(2)20-13-5-9(11(15)6-12(13)19-4)10-7-17-18(3)14(10)16/h5-8H,16H2,1-4H3. The molecular weight excluding hydrogens is 278 g/mol. The number of rotatable bonds is 4. The van der Waals surface area contributed by atoms with E-state index in [1.165, 1.54) is 0 Å². The Hall–Kier alpha value is -1.88. The maximum Gasteiger partial charge on any atom is 0.162 e. The third kappa shape index (κ3) is 2.67. The van der Waals surface area contributed by atoms with Crippen molar-refractivity contribution in [1.82, 2.24) is 9.78 Å². The molecular formula is C14H18ClN3O2. The zero-order valence-corrected chi connectivity index (χ0v) is 12.7. The second-order valence-corrected chi connectivity index (χ2v) is 5.12. The Morgan fingerprint density at radius 3 is 2.45 bits per heavy atom. The van der Waals surface area contributed by atoms with Gasteiger partial charge in [-0.3, -0.25) is 4.68 Å². The van der Waals surface area contributed by atoms with Gasteiger partial charge in [0.05, 0.1) is 24.4 Å². The third-order valence-corrected chi connectivity index (χ3v) is 3.20. The van der Waals surface area contributed by atoms with Gasteiger partial charge in [-0.2, -0.15) is 5.10 Å². The van der Waals surface area contributed by atoms with Crippen LogP contribution in [-0.4, -0.2) is 23.0 Å². The molecule has 1 aromatic heterocycles. The van der Waals surface area contributed by atoms with E-state index in [1.54, 1.807) is 31.1 Å². The van der Waals surface area contributed by atoms with Crippen molar-refractivity contribution in [2.24, 2.45) is 7.05 Å². The van der Waals surface area contributed by atoms with Crippen molar-refractivity contribution in [3.63, 3.8) is 0 Å². The fraction of sp³-hybridized carbons (Fsp3) is 0.357. The second kappa shape index (κ2) is 5.63. The van der Waals surface area contributed by atoms with Crippen LogP contribution in [0.25, 0.3) is 11.1 Å². The van der Waals surface area contributed by atoms with Crippen LogP contribution in [0.1, 0.15) is 13.8 Å². The van der Waals surface area contributed by atoms with Crippen LogP contribution in [0.2, 0.25) is 5.02 Å². The topological polar surface area (TPSA) is 62.3 Å². The van der Waals surface area contributed by atoms with Gasteiger partial charge in [-0.25, -0.2) is 0 Å². The monoisotopic (exact) mass is 295 g/mol. The van der Waals surface area contributed by atoms with E-state index in [4.69, 9.17) is 26.8 Å². The molecule has 1 heterocycles. The molecule has 0 radical (unpaired) electrons. The average Bonchev–Trinajstić information content (AvgIpc) is 2.71. The minimum absolute atomic E-state index is 0.0316. The summed E-state index contributed by atoms with van der Waals surface area (Å²) in [6, 6.07) is 3.55. The van der Waals surface area contributed by atoms with Crippen molar-refractivity contribution in [1.29, 1.82) is 0 Å². The molecule has 0 fully saturated rings. The summed E-state index contributed by atoms with van der Waals surface area (Å²) in [5, 5.41) is 4.67. The Morgan fingerprint density at radius 1 is 1.25 bits per heavy atom. The minimum Gasteiger partial charge on any atom is -0.493 e. The number of aryl methyl sites for hydroxylation is 1. The van der Waals surface area contributed by atoms with E-state index in [2.05, 4.69) is 5.10 Å². The van der Waals surface area contributed by atoms with Crippen molar-refractivity contribution in [2.75, 3.05) is 12.8 Å². The normalized spacial score (nSPS) is 10.9. The van der Waals surface area contributed by atoms with Gasteiger partial charge < -0.3 is 15.2 Å². The predicted octanol–water partition coefficient (Wildman–Crippen LogP) is 3.12. The zero-order chi connectivity index (χ0) is 14.9. The largest absolute Gasteiger partial charge is 0.493 e. The van der Waals surface area contributed by atoms with E-state index < -0.39 is 0 Å². The summed E-state index contributed by atoms with van der Waals surface area (Å²) in [5.74, 6) is 1.77. The van der Waals surface area contributed by atoms with Crippen LogP contribution >= 0.6 is 11.6 Å². The van der Waals surface area contributed by atoms with E-state index in [-0.39, 0.29) is 6.10 Å². The first-order valence-corrected chi connectivity index (χ1v) is 6.63. The highest BCUT2D eigenvalue weighted by atomic mass is 35.5. The van der Waals surface area contributed by atoms with Crippen LogP contribution < -0.4 is 15.2 Å². The van der Waals surface area contributed by atoms with E-state index in [1.807, 2.05) is 19.9 Å². The van der Waals surface area contributed by atoms with Crippen LogP contribution in [0.3, 0.4) is 0 Å². The van der Waals surface area contributed by atoms with Crippen molar-refractivity contribution >= 4 is 17.4 Å². The summed E-state index contributed by atoms with van der Waals surface area (Å²) in [4.78, 5) is 0. The van der Waals surface area contributed by atoms with E-state index in [0.29, 0.717) is 22.3 Å². The van der Waals surface area contributed by atoms with Gasteiger partial charge in [0.1, 0.15) is 5.82 Å². The van der Waals surface area contributed by atoms with Crippen molar-refractivity contribution in [3.8, 4) is 22.6 Å². The first-order valence-electron chi connectivity index (χ1n) is 6.26. The van der Waals surface area contributed by atoms with Crippen molar-refractivity contribution in [3.05, 3.63) is 23.4 Å². The molecule has 2 aromatic rings. The molecule has 0 aliphatic carbocycles. The molecule has 2 N–H and O–H groups in total. The lowest BCUT2D eigenvalue weighted by molar-refractivity contribution is 0.230. The van der Waals surface area contributed by atoms with Gasteiger partial charge in [0.2, 0.25) is 0 Å². The molecule has 0 spiro atoms. The molecule has 0 unspecified atom stereocenters. The molecule has 0 bridgehead atoms. The van der Waals surface area contributed by atoms with Gasteiger partial charge in [-0.15, -0.1) is 0 Å². The van der Waals surface area contributed by atoms with Crippen LogP contribution in [-0.2, 0) is 7.05 Å². The fourth-order valence-corrected chi connectivity index (χ4v) is 2.16. The maximum atomic E-state index is 6.30. The van der Waals surface area contributed by atoms with Crippen LogP contribution in [0, 0.1) is 0 Å². The Bertz CT molecular complexity index is 623. The zero-order valence-electron chi connectivity index (χ0n) is 12.0. The molecule has 5 nitrogen and oxygen atoms in total. The Labute approximate surface area is 123 Å². The van der Waals surface area contributed by atoms with Crippen LogP contribution in [0.15, 0.2) is 18.3 Å². The van der Waals surface area contributed by atoms with Gasteiger partial charge in [0, 0.05) is 24.2 Å². The first-order chi connectivity index (χ1) is 9.43. The van der Waals surface area contributed by atoms with Gasteiger partial charge in [-0.1, -0.05) is 11.6 Å². The van der Waals surface area contributed by atoms with Crippen molar-refractivity contribution < 1.29 is 9.47 Å². The number of ether oxygens (including phenoxy) is 2. The summed E-state index contributed by atoms with van der Waals surface area (Å²) in [6.45, 7) is 3.90. The van der Waals surface area contributed by atoms with E-state index in [0.717, 1.165) is 11.1 Å². The second-order valence-electron chi connectivity index (χ2n) is 4.72. The van der Waals surface area contributed by atoms with Gasteiger partial charge in [-0.05, 0) is 19.9 Å². The summed E-state index contributed by atoms with van der Waals surface area (Å²) in [7, 11) is 3.36. The van der Waals surface area contributed by atoms with Crippen molar-refractivity contribution in [2.45, 2.75) is 20.0 Å². The highest BCUT2D eigenvalue weighted by molar-refractivity contribution is 6.33. The minimum atomic E-state index is 0.0316. The average molecular weight is 296 g/mol. The number of hydrogen-bond donors (Lipinski definition) is 1. The van der Waals surface area contributed by atoms with Gasteiger partial charge >= 0.3 is 0 Å². The van der Waals surface area contributed by atoms with E-state index >= 15 is 0 Å². The fourth-order valence-electron chi connectivity index (χ4n) is 1.90. The number of methoxy groups -OCH3 is 1. The number of hydrogen-bond acceptors (Lipinski definition) is 4. The van der Waals surface area contributed by atoms with Crippen LogP contribution in [0.5, 0.6) is 11.5 Å². The lowest BCUT2D eigenvalue weighted by Crippen LogP contribution is -2.07. The van der Waals surface area contributed by atoms with E-state index in [9.17, 15) is 0 Å². The predicted molar refractivity (Wildman–Crippen MR) is 80.4 cm³/mol. The number of benzene rings is 1. The SMILES string of the molecule is COc1cc(Cl)c(-c2cnn(C)c2N)cc1OC(C)C. The first kappa shape index (κ1) is 14.5. The molecule has 1 aromatic carbocycles. The summed E-state index contributed by atoms with van der Waals surface area (Å²) in [6.07, 6.45) is 1.71. The molecule has 20 heavy (non-hydrogen) atoms. The Balaban J connectivity index is 2.56. The number of halogens is 1. The summed E-state index contributed by atoms with van der Waals surface area (Å²) in [5.41, 5.74) is 7.54. The number of anilines is 1. The van der Waals surface area contributed by atoms with Gasteiger partial charge in [0.25, 0.3) is 0 Å². The lowest BCUT2D eigenvalue weighted by atomic mass is 10.1. The number of nitrogens with two attached hydrogens (primary N) is 1. The molecule has 0 atom stereocenters. The quantitative estimate of drug-likeness (QED) is 0.941. The maximum absolute atomic E-state index is 6.30. The van der Waals surface area contributed by atoms with Crippen LogP contribution in [0.4, 0.5) is 5.82 Å². The smallest absolute Gasteiger partial charge is 0.162 e. The highest BCUT2D eigenvalue weighted by Gasteiger charge is 2.16. The molecule has 108 valence electrons.